The minimum Gasteiger partial charge on any atom is -0.207 e. The predicted octanol–water partition coefficient (Wildman–Crippen LogP) is 8.42. The van der Waals surface area contributed by atoms with Gasteiger partial charge in [0.05, 0.1) is 0 Å². The van der Waals surface area contributed by atoms with Gasteiger partial charge in [0.2, 0.25) is 0 Å². The lowest BCUT2D eigenvalue weighted by molar-refractivity contribution is 0.304. The van der Waals surface area contributed by atoms with Crippen molar-refractivity contribution in [3.63, 3.8) is 0 Å². The highest BCUT2D eigenvalue weighted by Crippen LogP contribution is 2.38. The molecular weight excluding hydrogens is 355 g/mol. The molecule has 1 aliphatic rings. The molecule has 1 heteroatoms. The largest absolute Gasteiger partial charge is 0.207 e. The van der Waals surface area contributed by atoms with Gasteiger partial charge in [-0.05, 0) is 91.5 Å². The molecule has 2 aromatic rings. The second-order valence-corrected chi connectivity index (χ2v) is 9.13. The van der Waals surface area contributed by atoms with Crippen LogP contribution in [-0.4, -0.2) is 0 Å². The number of aryl methyl sites for hydroxylation is 3. The summed E-state index contributed by atoms with van der Waals surface area (Å²) in [5.74, 6) is 1.46. The quantitative estimate of drug-likeness (QED) is 0.379. The summed E-state index contributed by atoms with van der Waals surface area (Å²) in [5.41, 5.74) is 4.80. The van der Waals surface area contributed by atoms with Gasteiger partial charge < -0.3 is 0 Å². The lowest BCUT2D eigenvalue weighted by atomic mass is 9.77. The Morgan fingerprint density at radius 2 is 1.41 bits per heavy atom. The highest BCUT2D eigenvalue weighted by molar-refractivity contribution is 5.29. The Bertz CT molecular complexity index is 722. The lowest BCUT2D eigenvalue weighted by Gasteiger charge is -2.29. The SMILES string of the molecule is CCCCc1ccc(CCc2ccc(C3CCC(CCCC)CC3)cc2F)cc1. The van der Waals surface area contributed by atoms with Crippen LogP contribution in [0.3, 0.4) is 0 Å². The Morgan fingerprint density at radius 1 is 0.759 bits per heavy atom. The highest BCUT2D eigenvalue weighted by Gasteiger charge is 2.22. The van der Waals surface area contributed by atoms with Gasteiger partial charge in [-0.2, -0.15) is 0 Å². The van der Waals surface area contributed by atoms with Crippen LogP contribution in [0.1, 0.15) is 99.8 Å². The molecule has 0 bridgehead atoms. The second kappa shape index (κ2) is 11.5. The van der Waals surface area contributed by atoms with E-state index < -0.39 is 0 Å². The van der Waals surface area contributed by atoms with Gasteiger partial charge in [-0.15, -0.1) is 0 Å². The molecule has 3 rings (SSSR count). The topological polar surface area (TPSA) is 0 Å². The Kier molecular flexibility index (Phi) is 8.77. The fourth-order valence-corrected chi connectivity index (χ4v) is 4.83. The van der Waals surface area contributed by atoms with Gasteiger partial charge >= 0.3 is 0 Å². The molecule has 0 atom stereocenters. The van der Waals surface area contributed by atoms with Crippen molar-refractivity contribution in [3.05, 3.63) is 70.5 Å². The average molecular weight is 395 g/mol. The Balaban J connectivity index is 1.51. The predicted molar refractivity (Wildman–Crippen MR) is 123 cm³/mol. The van der Waals surface area contributed by atoms with Gasteiger partial charge in [0.1, 0.15) is 5.82 Å². The van der Waals surface area contributed by atoms with Gasteiger partial charge in [0, 0.05) is 0 Å². The molecule has 1 fully saturated rings. The van der Waals surface area contributed by atoms with Gasteiger partial charge in [-0.1, -0.05) is 75.9 Å². The molecule has 0 aromatic heterocycles. The van der Waals surface area contributed by atoms with E-state index in [2.05, 4.69) is 44.2 Å². The Hall–Kier alpha value is -1.63. The maximum atomic E-state index is 14.8. The summed E-state index contributed by atoms with van der Waals surface area (Å²) in [6.45, 7) is 4.51. The summed E-state index contributed by atoms with van der Waals surface area (Å²) in [6, 6.07) is 15.0. The summed E-state index contributed by atoms with van der Waals surface area (Å²) >= 11 is 0. The first-order chi connectivity index (χ1) is 14.2. The summed E-state index contributed by atoms with van der Waals surface area (Å²) in [6.07, 6.45) is 14.5. The third kappa shape index (κ3) is 6.69. The van der Waals surface area contributed by atoms with Crippen molar-refractivity contribution >= 4 is 0 Å². The van der Waals surface area contributed by atoms with E-state index in [1.165, 1.54) is 74.5 Å². The maximum absolute atomic E-state index is 14.8. The molecule has 0 nitrogen and oxygen atoms in total. The summed E-state index contributed by atoms with van der Waals surface area (Å²) in [5, 5.41) is 0. The van der Waals surface area contributed by atoms with Crippen LogP contribution in [-0.2, 0) is 19.3 Å². The standard InChI is InChI=1S/C28H39F/c1-3-5-7-22-9-11-24(12-10-22)15-18-26-19-20-27(21-28(26)29)25-16-13-23(14-17-25)8-6-4-2/h9-12,19-21,23,25H,3-8,13-18H2,1-2H3. The van der Waals surface area contributed by atoms with E-state index in [1.54, 1.807) is 0 Å². The summed E-state index contributed by atoms with van der Waals surface area (Å²) in [4.78, 5) is 0. The van der Waals surface area contributed by atoms with Crippen LogP contribution >= 0.6 is 0 Å². The molecule has 1 saturated carbocycles. The normalized spacial score (nSPS) is 19.4. The first-order valence-corrected chi connectivity index (χ1v) is 12.1. The molecule has 1 aliphatic carbocycles. The average Bonchev–Trinajstić information content (AvgIpc) is 2.76. The molecular formula is C28H39F. The highest BCUT2D eigenvalue weighted by atomic mass is 19.1. The van der Waals surface area contributed by atoms with Crippen LogP contribution in [0.2, 0.25) is 0 Å². The van der Waals surface area contributed by atoms with Crippen LogP contribution in [0, 0.1) is 11.7 Å². The van der Waals surface area contributed by atoms with Crippen molar-refractivity contribution in [1.29, 1.82) is 0 Å². The van der Waals surface area contributed by atoms with Gasteiger partial charge in [0.25, 0.3) is 0 Å². The number of hydrogen-bond acceptors (Lipinski definition) is 0. The van der Waals surface area contributed by atoms with E-state index in [1.807, 2.05) is 12.1 Å². The van der Waals surface area contributed by atoms with Crippen molar-refractivity contribution in [2.24, 2.45) is 5.92 Å². The van der Waals surface area contributed by atoms with E-state index >= 15 is 0 Å². The molecule has 0 unspecified atom stereocenters. The molecule has 29 heavy (non-hydrogen) atoms. The molecule has 0 aliphatic heterocycles. The van der Waals surface area contributed by atoms with E-state index in [9.17, 15) is 4.39 Å². The first-order valence-electron chi connectivity index (χ1n) is 12.1. The van der Waals surface area contributed by atoms with Crippen LogP contribution in [0.25, 0.3) is 0 Å². The van der Waals surface area contributed by atoms with Crippen molar-refractivity contribution in [2.45, 2.75) is 96.8 Å². The van der Waals surface area contributed by atoms with Crippen LogP contribution in [0.15, 0.2) is 42.5 Å². The Morgan fingerprint density at radius 3 is 2.03 bits per heavy atom. The molecule has 2 aromatic carbocycles. The van der Waals surface area contributed by atoms with Gasteiger partial charge in [-0.3, -0.25) is 0 Å². The van der Waals surface area contributed by atoms with Crippen LogP contribution < -0.4 is 0 Å². The van der Waals surface area contributed by atoms with Crippen molar-refractivity contribution < 1.29 is 4.39 Å². The third-order valence-electron chi connectivity index (χ3n) is 6.89. The fraction of sp³-hybridized carbons (Fsp3) is 0.571. The van der Waals surface area contributed by atoms with Crippen LogP contribution in [0.5, 0.6) is 0 Å². The van der Waals surface area contributed by atoms with E-state index in [-0.39, 0.29) is 5.82 Å². The van der Waals surface area contributed by atoms with E-state index in [4.69, 9.17) is 0 Å². The molecule has 0 heterocycles. The maximum Gasteiger partial charge on any atom is 0.126 e. The smallest absolute Gasteiger partial charge is 0.126 e. The fourth-order valence-electron chi connectivity index (χ4n) is 4.83. The number of rotatable bonds is 10. The van der Waals surface area contributed by atoms with Gasteiger partial charge in [-0.25, -0.2) is 4.39 Å². The summed E-state index contributed by atoms with van der Waals surface area (Å²) in [7, 11) is 0. The zero-order valence-electron chi connectivity index (χ0n) is 18.6. The first kappa shape index (κ1) is 22.1. The molecule has 0 spiro atoms. The number of halogens is 1. The number of benzene rings is 2. The third-order valence-corrected chi connectivity index (χ3v) is 6.89. The zero-order chi connectivity index (χ0) is 20.5. The molecule has 0 amide bonds. The zero-order valence-corrected chi connectivity index (χ0v) is 18.6. The Labute approximate surface area is 177 Å². The van der Waals surface area contributed by atoms with Crippen LogP contribution in [0.4, 0.5) is 4.39 Å². The summed E-state index contributed by atoms with van der Waals surface area (Å²) < 4.78 is 14.8. The molecule has 0 saturated heterocycles. The second-order valence-electron chi connectivity index (χ2n) is 9.13. The van der Waals surface area contributed by atoms with E-state index in [0.29, 0.717) is 5.92 Å². The minimum atomic E-state index is -0.00447. The van der Waals surface area contributed by atoms with Crippen molar-refractivity contribution in [2.75, 3.05) is 0 Å². The number of unbranched alkanes of at least 4 members (excludes halogenated alkanes) is 2. The van der Waals surface area contributed by atoms with Crippen molar-refractivity contribution in [3.8, 4) is 0 Å². The molecule has 0 N–H and O–H groups in total. The van der Waals surface area contributed by atoms with E-state index in [0.717, 1.165) is 30.7 Å². The number of hydrogen-bond donors (Lipinski definition) is 0. The minimum absolute atomic E-state index is 0.00447. The lowest BCUT2D eigenvalue weighted by Crippen LogP contribution is -2.13. The monoisotopic (exact) mass is 394 g/mol. The molecule has 0 radical (unpaired) electrons. The van der Waals surface area contributed by atoms with Gasteiger partial charge in [0.15, 0.2) is 0 Å². The molecule has 158 valence electrons. The van der Waals surface area contributed by atoms with Crippen molar-refractivity contribution in [1.82, 2.24) is 0 Å².